The first-order valence-corrected chi connectivity index (χ1v) is 12.6. The molecule has 1 unspecified atom stereocenters. The van der Waals surface area contributed by atoms with E-state index >= 15 is 0 Å². The van der Waals surface area contributed by atoms with Gasteiger partial charge in [0.05, 0.1) is 19.6 Å². The Morgan fingerprint density at radius 1 is 1.12 bits per heavy atom. The lowest BCUT2D eigenvalue weighted by Crippen LogP contribution is -2.51. The van der Waals surface area contributed by atoms with Crippen molar-refractivity contribution in [3.63, 3.8) is 0 Å². The van der Waals surface area contributed by atoms with E-state index in [-0.39, 0.29) is 50.5 Å². The van der Waals surface area contributed by atoms with Gasteiger partial charge in [-0.05, 0) is 17.5 Å². The molecule has 0 radical (unpaired) electrons. The number of phosphoric acid groups is 1. The Morgan fingerprint density at radius 3 is 2.41 bits per heavy atom. The monoisotopic (exact) mass is 496 g/mol. The van der Waals surface area contributed by atoms with Crippen LogP contribution < -0.4 is 16.0 Å². The minimum Gasteiger partial charge on any atom is -0.361 e. The van der Waals surface area contributed by atoms with Crippen molar-refractivity contribution in [2.24, 2.45) is 5.92 Å². The molecule has 5 N–H and O–H groups in total. The molecule has 1 heterocycles. The molecule has 3 atom stereocenters. The van der Waals surface area contributed by atoms with Crippen molar-refractivity contribution in [3.05, 3.63) is 36.0 Å². The zero-order chi connectivity index (χ0) is 25.1. The van der Waals surface area contributed by atoms with Gasteiger partial charge in [0.15, 0.2) is 0 Å². The molecule has 3 amide bonds. The summed E-state index contributed by atoms with van der Waals surface area (Å²) in [6.45, 7) is 4.64. The molecular formula is C22H33N4O7P. The molecule has 0 spiro atoms. The lowest BCUT2D eigenvalue weighted by molar-refractivity contribution is -0.130. The molecule has 11 nitrogen and oxygen atoms in total. The Hall–Kier alpha value is -2.72. The number of amides is 3. The lowest BCUT2D eigenvalue weighted by Gasteiger charge is -2.23. The van der Waals surface area contributed by atoms with Crippen molar-refractivity contribution >= 4 is 36.4 Å². The van der Waals surface area contributed by atoms with Crippen LogP contribution in [-0.4, -0.2) is 59.9 Å². The summed E-state index contributed by atoms with van der Waals surface area (Å²) in [6.07, 6.45) is 2.57. The normalized spacial score (nSPS) is 14.7. The first kappa shape index (κ1) is 27.5. The quantitative estimate of drug-likeness (QED) is 0.196. The van der Waals surface area contributed by atoms with E-state index in [9.17, 15) is 23.8 Å². The van der Waals surface area contributed by atoms with Crippen LogP contribution in [0.25, 0.3) is 10.9 Å². The van der Waals surface area contributed by atoms with Gasteiger partial charge in [0, 0.05) is 37.1 Å². The third-order valence-electron chi connectivity index (χ3n) is 5.22. The molecule has 1 aromatic carbocycles. The topological polar surface area (TPSA) is 159 Å². The summed E-state index contributed by atoms with van der Waals surface area (Å²) in [7, 11) is -4.31. The highest BCUT2D eigenvalue weighted by atomic mass is 31.2. The third kappa shape index (κ3) is 8.90. The van der Waals surface area contributed by atoms with E-state index in [0.717, 1.165) is 16.5 Å². The van der Waals surface area contributed by atoms with Crippen molar-refractivity contribution in [2.45, 2.75) is 39.7 Å². The van der Waals surface area contributed by atoms with Crippen LogP contribution in [0.4, 0.5) is 0 Å². The fourth-order valence-corrected chi connectivity index (χ4v) is 3.97. The fourth-order valence-electron chi connectivity index (χ4n) is 3.25. The summed E-state index contributed by atoms with van der Waals surface area (Å²) in [5.74, 6) is -1.11. The number of hydrogen-bond acceptors (Lipinski definition) is 6. The molecule has 188 valence electrons. The van der Waals surface area contributed by atoms with E-state index in [1.807, 2.05) is 38.1 Å². The zero-order valence-electron chi connectivity index (χ0n) is 19.6. The number of benzene rings is 1. The number of aromatic nitrogens is 1. The number of rotatable bonds is 14. The van der Waals surface area contributed by atoms with Gasteiger partial charge in [-0.15, -0.1) is 0 Å². The SMILES string of the molecule is CC[C@H](C)[C@H](NC(=O)Cc1c[nH]c2ccccc12)C(=O)NCCOP(=O)(O)OCCNC(C)=O. The summed E-state index contributed by atoms with van der Waals surface area (Å²) >= 11 is 0. The molecule has 0 saturated heterocycles. The maximum absolute atomic E-state index is 12.7. The molecular weight excluding hydrogens is 463 g/mol. The smallest absolute Gasteiger partial charge is 0.361 e. The van der Waals surface area contributed by atoms with Crippen LogP contribution in [0.2, 0.25) is 0 Å². The van der Waals surface area contributed by atoms with Crippen molar-refractivity contribution in [1.82, 2.24) is 20.9 Å². The molecule has 34 heavy (non-hydrogen) atoms. The number of carbonyl (C=O) groups excluding carboxylic acids is 3. The van der Waals surface area contributed by atoms with Gasteiger partial charge in [0.2, 0.25) is 17.7 Å². The number of hydrogen-bond donors (Lipinski definition) is 5. The van der Waals surface area contributed by atoms with E-state index in [4.69, 9.17) is 9.05 Å². The Morgan fingerprint density at radius 2 is 1.76 bits per heavy atom. The van der Waals surface area contributed by atoms with Crippen LogP contribution in [0, 0.1) is 5.92 Å². The van der Waals surface area contributed by atoms with Gasteiger partial charge in [-0.3, -0.25) is 23.4 Å². The Kier molecular flexibility index (Phi) is 10.7. The Balaban J connectivity index is 1.82. The first-order chi connectivity index (χ1) is 16.1. The molecule has 0 aliphatic carbocycles. The highest BCUT2D eigenvalue weighted by molar-refractivity contribution is 7.47. The van der Waals surface area contributed by atoms with Crippen LogP contribution in [0.3, 0.4) is 0 Å². The predicted molar refractivity (Wildman–Crippen MR) is 127 cm³/mol. The van der Waals surface area contributed by atoms with Crippen LogP contribution in [0.5, 0.6) is 0 Å². The maximum Gasteiger partial charge on any atom is 0.472 e. The average molecular weight is 497 g/mol. The van der Waals surface area contributed by atoms with Crippen LogP contribution in [0.1, 0.15) is 32.8 Å². The van der Waals surface area contributed by atoms with Crippen molar-refractivity contribution < 1.29 is 32.9 Å². The Labute approximate surface area is 198 Å². The van der Waals surface area contributed by atoms with Crippen molar-refractivity contribution in [3.8, 4) is 0 Å². The highest BCUT2D eigenvalue weighted by Gasteiger charge is 2.26. The number of phosphoric ester groups is 1. The standard InChI is InChI=1S/C22H33N4O7P/c1-4-15(2)21(26-20(28)13-17-14-25-19-8-6-5-7-18(17)19)22(29)24-10-12-33-34(30,31)32-11-9-23-16(3)27/h5-8,14-15,21,25H,4,9-13H2,1-3H3,(H,23,27)(H,24,29)(H,26,28)(H,30,31)/t15-,21-/m0/s1. The number of fused-ring (bicyclic) bond motifs is 1. The van der Waals surface area contributed by atoms with E-state index < -0.39 is 19.8 Å². The molecule has 2 rings (SSSR count). The Bertz CT molecular complexity index is 1030. The van der Waals surface area contributed by atoms with Gasteiger partial charge in [0.1, 0.15) is 6.04 Å². The summed E-state index contributed by atoms with van der Waals surface area (Å²) in [4.78, 5) is 48.9. The molecule has 12 heteroatoms. The van der Waals surface area contributed by atoms with E-state index in [1.54, 1.807) is 6.20 Å². The number of carbonyl (C=O) groups is 3. The molecule has 1 aromatic heterocycles. The second-order valence-corrected chi connectivity index (χ2v) is 9.33. The van der Waals surface area contributed by atoms with Gasteiger partial charge in [-0.25, -0.2) is 4.57 Å². The average Bonchev–Trinajstić information content (AvgIpc) is 3.20. The summed E-state index contributed by atoms with van der Waals surface area (Å²) in [5.41, 5.74) is 1.77. The van der Waals surface area contributed by atoms with Gasteiger partial charge < -0.3 is 25.8 Å². The van der Waals surface area contributed by atoms with Gasteiger partial charge in [-0.1, -0.05) is 38.5 Å². The van der Waals surface area contributed by atoms with Crippen molar-refractivity contribution in [1.29, 1.82) is 0 Å². The first-order valence-electron chi connectivity index (χ1n) is 11.1. The number of H-pyrrole nitrogens is 1. The maximum atomic E-state index is 12.7. The van der Waals surface area contributed by atoms with Gasteiger partial charge in [0.25, 0.3) is 0 Å². The van der Waals surface area contributed by atoms with Crippen LogP contribution in [0.15, 0.2) is 30.5 Å². The van der Waals surface area contributed by atoms with E-state index in [1.165, 1.54) is 6.92 Å². The summed E-state index contributed by atoms with van der Waals surface area (Å²) in [5, 5.41) is 8.79. The number of aromatic amines is 1. The minimum atomic E-state index is -4.31. The van der Waals surface area contributed by atoms with Gasteiger partial charge in [-0.2, -0.15) is 0 Å². The predicted octanol–water partition coefficient (Wildman–Crippen LogP) is 1.63. The second-order valence-electron chi connectivity index (χ2n) is 7.88. The number of nitrogens with one attached hydrogen (secondary N) is 4. The molecule has 0 aliphatic rings. The fraction of sp³-hybridized carbons (Fsp3) is 0.500. The summed E-state index contributed by atoms with van der Waals surface area (Å²) < 4.78 is 21.3. The van der Waals surface area contributed by atoms with Crippen molar-refractivity contribution in [2.75, 3.05) is 26.3 Å². The highest BCUT2D eigenvalue weighted by Crippen LogP contribution is 2.42. The third-order valence-corrected chi connectivity index (χ3v) is 6.24. The molecule has 2 aromatic rings. The largest absolute Gasteiger partial charge is 0.472 e. The van der Waals surface area contributed by atoms with E-state index in [2.05, 4.69) is 20.9 Å². The lowest BCUT2D eigenvalue weighted by atomic mass is 9.98. The number of para-hydroxylation sites is 1. The molecule has 0 fully saturated rings. The summed E-state index contributed by atoms with van der Waals surface area (Å²) in [6, 6.07) is 6.89. The van der Waals surface area contributed by atoms with Crippen LogP contribution in [-0.2, 0) is 34.4 Å². The molecule has 0 bridgehead atoms. The minimum absolute atomic E-state index is 0.0519. The van der Waals surface area contributed by atoms with Crippen LogP contribution >= 0.6 is 7.82 Å². The second kappa shape index (κ2) is 13.2. The molecule has 0 saturated carbocycles. The molecule has 0 aliphatic heterocycles. The zero-order valence-corrected chi connectivity index (χ0v) is 20.5. The van der Waals surface area contributed by atoms with Gasteiger partial charge >= 0.3 is 7.82 Å². The van der Waals surface area contributed by atoms with E-state index in [0.29, 0.717) is 6.42 Å².